The molecule has 1 aromatic rings. The van der Waals surface area contributed by atoms with E-state index in [-0.39, 0.29) is 0 Å². The normalized spacial score (nSPS) is 32.3. The van der Waals surface area contributed by atoms with Crippen LogP contribution in [0.2, 0.25) is 0 Å². The molecule has 0 radical (unpaired) electrons. The minimum atomic E-state index is -0.828. The minimum Gasteiger partial charge on any atom is -0.392 e. The zero-order valence-electron chi connectivity index (χ0n) is 9.57. The van der Waals surface area contributed by atoms with Gasteiger partial charge in [-0.1, -0.05) is 12.5 Å². The largest absolute Gasteiger partial charge is 0.392 e. The first-order valence-electron chi connectivity index (χ1n) is 6.29. The average molecular weight is 238 g/mol. The first-order valence-corrected chi connectivity index (χ1v) is 6.29. The molecule has 0 spiro atoms. The Morgan fingerprint density at radius 1 is 1.18 bits per heavy atom. The van der Waals surface area contributed by atoms with Crippen LogP contribution in [-0.2, 0) is 6.42 Å². The maximum Gasteiger partial charge on any atom is 0.159 e. The lowest BCUT2D eigenvalue weighted by Gasteiger charge is -2.12. The maximum atomic E-state index is 13.0. The smallest absolute Gasteiger partial charge is 0.159 e. The van der Waals surface area contributed by atoms with Gasteiger partial charge in [0, 0.05) is 0 Å². The van der Waals surface area contributed by atoms with Crippen LogP contribution in [0.1, 0.15) is 24.8 Å². The van der Waals surface area contributed by atoms with Crippen molar-refractivity contribution in [2.24, 2.45) is 17.8 Å². The summed E-state index contributed by atoms with van der Waals surface area (Å²) in [6.45, 7) is 0. The summed E-state index contributed by atoms with van der Waals surface area (Å²) in [5.41, 5.74) is 0.682. The molecule has 3 unspecified atom stereocenters. The molecule has 3 atom stereocenters. The molecule has 0 aromatic heterocycles. The lowest BCUT2D eigenvalue weighted by molar-refractivity contribution is 0.135. The van der Waals surface area contributed by atoms with Gasteiger partial charge in [0.2, 0.25) is 0 Å². The van der Waals surface area contributed by atoms with Crippen LogP contribution < -0.4 is 0 Å². The summed E-state index contributed by atoms with van der Waals surface area (Å²) in [6.07, 6.45) is 3.78. The van der Waals surface area contributed by atoms with E-state index in [9.17, 15) is 13.9 Å². The molecule has 1 N–H and O–H groups in total. The second kappa shape index (κ2) is 4.05. The van der Waals surface area contributed by atoms with Crippen molar-refractivity contribution >= 4 is 0 Å². The number of rotatable bonds is 3. The molecule has 92 valence electrons. The molecule has 1 nitrogen and oxygen atoms in total. The van der Waals surface area contributed by atoms with Crippen molar-refractivity contribution in [3.8, 4) is 0 Å². The highest BCUT2D eigenvalue weighted by atomic mass is 19.2. The molecular weight excluding hydrogens is 222 g/mol. The third kappa shape index (κ3) is 1.97. The van der Waals surface area contributed by atoms with E-state index in [1.165, 1.54) is 25.3 Å². The van der Waals surface area contributed by atoms with Crippen molar-refractivity contribution in [1.29, 1.82) is 0 Å². The second-order valence-electron chi connectivity index (χ2n) is 5.36. The van der Waals surface area contributed by atoms with Crippen molar-refractivity contribution in [2.75, 3.05) is 0 Å². The van der Waals surface area contributed by atoms with Crippen LogP contribution in [0.15, 0.2) is 18.2 Å². The second-order valence-corrected chi connectivity index (χ2v) is 5.36. The third-order valence-corrected chi connectivity index (χ3v) is 4.35. The van der Waals surface area contributed by atoms with Gasteiger partial charge in [-0.25, -0.2) is 8.78 Å². The number of aliphatic hydroxyl groups is 1. The molecule has 2 saturated carbocycles. The molecule has 3 rings (SSSR count). The van der Waals surface area contributed by atoms with Gasteiger partial charge < -0.3 is 5.11 Å². The van der Waals surface area contributed by atoms with Gasteiger partial charge >= 0.3 is 0 Å². The third-order valence-electron chi connectivity index (χ3n) is 4.35. The Morgan fingerprint density at radius 2 is 1.88 bits per heavy atom. The average Bonchev–Trinajstić information content (AvgIpc) is 2.78. The fourth-order valence-corrected chi connectivity index (χ4v) is 3.49. The van der Waals surface area contributed by atoms with Crippen LogP contribution in [0.3, 0.4) is 0 Å². The van der Waals surface area contributed by atoms with Crippen LogP contribution in [0.25, 0.3) is 0 Å². The SMILES string of the molecule is OC(Cc1ccc(F)c(F)c1)C1C2CCCC21. The molecular formula is C14H16F2O. The first-order chi connectivity index (χ1) is 8.16. The molecule has 0 amide bonds. The number of aliphatic hydroxyl groups excluding tert-OH is 1. The molecule has 1 aromatic carbocycles. The molecule has 0 bridgehead atoms. The Labute approximate surface area is 99.5 Å². The zero-order valence-corrected chi connectivity index (χ0v) is 9.57. The Morgan fingerprint density at radius 3 is 2.53 bits per heavy atom. The van der Waals surface area contributed by atoms with Crippen LogP contribution in [-0.4, -0.2) is 11.2 Å². The monoisotopic (exact) mass is 238 g/mol. The Bertz CT molecular complexity index is 422. The zero-order chi connectivity index (χ0) is 12.0. The Kier molecular flexibility index (Phi) is 2.66. The lowest BCUT2D eigenvalue weighted by atomic mass is 9.99. The first kappa shape index (κ1) is 11.1. The van der Waals surface area contributed by atoms with Gasteiger partial charge in [-0.05, 0) is 54.7 Å². The topological polar surface area (TPSA) is 20.2 Å². The van der Waals surface area contributed by atoms with Gasteiger partial charge in [0.05, 0.1) is 6.10 Å². The number of benzene rings is 1. The van der Waals surface area contributed by atoms with E-state index in [2.05, 4.69) is 0 Å². The number of hydrogen-bond acceptors (Lipinski definition) is 1. The standard InChI is InChI=1S/C14H16F2O/c15-11-5-4-8(6-12(11)16)7-13(17)14-9-2-1-3-10(9)14/h4-6,9-10,13-14,17H,1-3,7H2. The Hall–Kier alpha value is -0.960. The highest BCUT2D eigenvalue weighted by molar-refractivity contribution is 5.19. The molecule has 2 aliphatic rings. The van der Waals surface area contributed by atoms with Gasteiger partial charge in [0.1, 0.15) is 0 Å². The highest BCUT2D eigenvalue weighted by Gasteiger charge is 2.55. The number of hydrogen-bond donors (Lipinski definition) is 1. The summed E-state index contributed by atoms with van der Waals surface area (Å²) in [7, 11) is 0. The summed E-state index contributed by atoms with van der Waals surface area (Å²) in [6, 6.07) is 3.88. The quantitative estimate of drug-likeness (QED) is 0.858. The minimum absolute atomic E-state index is 0.393. The van der Waals surface area contributed by atoms with E-state index < -0.39 is 17.7 Å². The van der Waals surface area contributed by atoms with E-state index in [4.69, 9.17) is 0 Å². The lowest BCUT2D eigenvalue weighted by Crippen LogP contribution is -2.16. The van der Waals surface area contributed by atoms with Crippen LogP contribution in [0, 0.1) is 29.4 Å². The highest BCUT2D eigenvalue weighted by Crippen LogP contribution is 2.59. The van der Waals surface area contributed by atoms with Crippen LogP contribution in [0.5, 0.6) is 0 Å². The fourth-order valence-electron chi connectivity index (χ4n) is 3.49. The van der Waals surface area contributed by atoms with Gasteiger partial charge in [-0.2, -0.15) is 0 Å². The van der Waals surface area contributed by atoms with Gasteiger partial charge in [0.25, 0.3) is 0 Å². The number of halogens is 2. The molecule has 0 saturated heterocycles. The van der Waals surface area contributed by atoms with Crippen molar-refractivity contribution in [3.63, 3.8) is 0 Å². The maximum absolute atomic E-state index is 13.0. The van der Waals surface area contributed by atoms with Crippen LogP contribution >= 0.6 is 0 Å². The Balaban J connectivity index is 1.64. The summed E-state index contributed by atoms with van der Waals surface area (Å²) >= 11 is 0. The predicted octanol–water partition coefficient (Wildman–Crippen LogP) is 2.91. The summed E-state index contributed by atoms with van der Waals surface area (Å²) in [4.78, 5) is 0. The van der Waals surface area contributed by atoms with Crippen LogP contribution in [0.4, 0.5) is 8.78 Å². The van der Waals surface area contributed by atoms with Crippen molar-refractivity contribution in [3.05, 3.63) is 35.4 Å². The van der Waals surface area contributed by atoms with Crippen molar-refractivity contribution in [1.82, 2.24) is 0 Å². The molecule has 17 heavy (non-hydrogen) atoms. The number of fused-ring (bicyclic) bond motifs is 1. The van der Waals surface area contributed by atoms with E-state index in [0.717, 1.165) is 6.07 Å². The van der Waals surface area contributed by atoms with E-state index in [1.807, 2.05) is 0 Å². The summed E-state index contributed by atoms with van der Waals surface area (Å²) in [5, 5.41) is 10.1. The van der Waals surface area contributed by atoms with E-state index >= 15 is 0 Å². The van der Waals surface area contributed by atoms with Crippen molar-refractivity contribution < 1.29 is 13.9 Å². The van der Waals surface area contributed by atoms with Gasteiger partial charge in [0.15, 0.2) is 11.6 Å². The molecule has 2 fully saturated rings. The van der Waals surface area contributed by atoms with Gasteiger partial charge in [-0.3, -0.25) is 0 Å². The van der Waals surface area contributed by atoms with E-state index in [1.54, 1.807) is 6.07 Å². The predicted molar refractivity (Wildman–Crippen MR) is 60.4 cm³/mol. The summed E-state index contributed by atoms with van der Waals surface area (Å²) in [5.74, 6) is 0.125. The molecule has 2 aliphatic carbocycles. The molecule has 0 heterocycles. The van der Waals surface area contributed by atoms with E-state index in [0.29, 0.717) is 29.7 Å². The fraction of sp³-hybridized carbons (Fsp3) is 0.571. The van der Waals surface area contributed by atoms with Gasteiger partial charge in [-0.15, -0.1) is 0 Å². The summed E-state index contributed by atoms with van der Waals surface area (Å²) < 4.78 is 25.8. The molecule has 0 aliphatic heterocycles. The van der Waals surface area contributed by atoms with Crippen molar-refractivity contribution in [2.45, 2.75) is 31.8 Å². The molecule has 3 heteroatoms.